The van der Waals surface area contributed by atoms with Gasteiger partial charge in [0.25, 0.3) is 0 Å². The summed E-state index contributed by atoms with van der Waals surface area (Å²) in [6, 6.07) is 6.55. The Kier molecular flexibility index (Phi) is 5.68. The van der Waals surface area contributed by atoms with Crippen LogP contribution in [0.4, 0.5) is 0 Å². The van der Waals surface area contributed by atoms with Gasteiger partial charge in [-0.2, -0.15) is 0 Å². The maximum atomic E-state index is 6.17. The van der Waals surface area contributed by atoms with E-state index in [0.29, 0.717) is 12.0 Å². The van der Waals surface area contributed by atoms with Crippen LogP contribution in [0.1, 0.15) is 43.4 Å². The molecule has 1 aromatic carbocycles. The summed E-state index contributed by atoms with van der Waals surface area (Å²) in [6.45, 7) is 7.16. The fraction of sp³-hybridized carbons (Fsp3) is 0.625. The maximum Gasteiger partial charge on any atom is 0.0512 e. The van der Waals surface area contributed by atoms with Crippen molar-refractivity contribution in [3.05, 3.63) is 34.3 Å². The fourth-order valence-corrected chi connectivity index (χ4v) is 2.99. The number of hydrogen-bond donors (Lipinski definition) is 1. The third-order valence-electron chi connectivity index (χ3n) is 3.86. The summed E-state index contributed by atoms with van der Waals surface area (Å²) in [5, 5.41) is 4.50. The molecule has 1 heterocycles. The Bertz CT molecular complexity index is 402. The lowest BCUT2D eigenvalue weighted by molar-refractivity contribution is 0.0389. The monoisotopic (exact) mass is 281 g/mol. The van der Waals surface area contributed by atoms with Crippen LogP contribution in [-0.4, -0.2) is 19.8 Å². The maximum absolute atomic E-state index is 6.17. The molecule has 106 valence electrons. The molecule has 19 heavy (non-hydrogen) atoms. The highest BCUT2D eigenvalue weighted by Gasteiger charge is 2.26. The number of rotatable bonds is 5. The van der Waals surface area contributed by atoms with E-state index in [9.17, 15) is 0 Å². The second kappa shape index (κ2) is 7.28. The zero-order valence-corrected chi connectivity index (χ0v) is 12.7. The second-order valence-corrected chi connectivity index (χ2v) is 5.85. The molecule has 1 aromatic rings. The molecule has 1 saturated heterocycles. The first-order chi connectivity index (χ1) is 9.22. The van der Waals surface area contributed by atoms with E-state index >= 15 is 0 Å². The van der Waals surface area contributed by atoms with Gasteiger partial charge in [-0.1, -0.05) is 24.6 Å². The zero-order chi connectivity index (χ0) is 13.7. The van der Waals surface area contributed by atoms with Crippen LogP contribution in [0.25, 0.3) is 0 Å². The molecule has 1 N–H and O–H groups in total. The predicted octanol–water partition coefficient (Wildman–Crippen LogP) is 4.12. The summed E-state index contributed by atoms with van der Waals surface area (Å²) in [6.07, 6.45) is 3.53. The Morgan fingerprint density at radius 2 is 2.32 bits per heavy atom. The van der Waals surface area contributed by atoms with Crippen molar-refractivity contribution in [1.82, 2.24) is 5.32 Å². The lowest BCUT2D eigenvalue weighted by atomic mass is 9.86. The molecule has 1 aliphatic heterocycles. The van der Waals surface area contributed by atoms with E-state index in [-0.39, 0.29) is 0 Å². The molecule has 2 unspecified atom stereocenters. The normalized spacial score (nSPS) is 21.3. The van der Waals surface area contributed by atoms with Crippen LogP contribution in [0.15, 0.2) is 18.2 Å². The molecule has 2 rings (SSSR count). The minimum absolute atomic E-state index is 0.360. The third kappa shape index (κ3) is 3.95. The van der Waals surface area contributed by atoms with E-state index in [1.54, 1.807) is 0 Å². The van der Waals surface area contributed by atoms with Crippen LogP contribution in [0, 0.1) is 12.8 Å². The van der Waals surface area contributed by atoms with Crippen molar-refractivity contribution in [1.29, 1.82) is 0 Å². The Hall–Kier alpha value is -0.570. The van der Waals surface area contributed by atoms with Crippen LogP contribution >= 0.6 is 11.6 Å². The Morgan fingerprint density at radius 1 is 1.47 bits per heavy atom. The van der Waals surface area contributed by atoms with Crippen LogP contribution in [0.2, 0.25) is 5.02 Å². The lowest BCUT2D eigenvalue weighted by Crippen LogP contribution is -2.34. The summed E-state index contributed by atoms with van der Waals surface area (Å²) >= 11 is 6.17. The van der Waals surface area contributed by atoms with Crippen LogP contribution < -0.4 is 5.32 Å². The van der Waals surface area contributed by atoms with E-state index in [1.165, 1.54) is 17.5 Å². The predicted molar refractivity (Wildman–Crippen MR) is 80.8 cm³/mol. The van der Waals surface area contributed by atoms with Gasteiger partial charge < -0.3 is 10.1 Å². The van der Waals surface area contributed by atoms with E-state index in [0.717, 1.165) is 37.6 Å². The molecule has 0 bridgehead atoms. The summed E-state index contributed by atoms with van der Waals surface area (Å²) in [5.41, 5.74) is 2.64. The molecule has 2 atom stereocenters. The van der Waals surface area contributed by atoms with E-state index < -0.39 is 0 Å². The average Bonchev–Trinajstić information content (AvgIpc) is 2.44. The van der Waals surface area contributed by atoms with Crippen molar-refractivity contribution in [2.24, 2.45) is 5.92 Å². The standard InChI is InChI=1S/C16H24ClNO/c1-3-8-18-16(13-5-4-9-19-11-13)15-10-14(17)7-6-12(15)2/h6-7,10,13,16,18H,3-5,8-9,11H2,1-2H3. The van der Waals surface area contributed by atoms with Crippen LogP contribution in [0.3, 0.4) is 0 Å². The van der Waals surface area contributed by atoms with Crippen molar-refractivity contribution in [2.45, 2.75) is 39.2 Å². The van der Waals surface area contributed by atoms with Crippen molar-refractivity contribution in [3.8, 4) is 0 Å². The number of halogens is 1. The first kappa shape index (κ1) is 14.8. The molecule has 0 spiro atoms. The van der Waals surface area contributed by atoms with Crippen molar-refractivity contribution in [2.75, 3.05) is 19.8 Å². The van der Waals surface area contributed by atoms with Gasteiger partial charge in [-0.3, -0.25) is 0 Å². The number of hydrogen-bond acceptors (Lipinski definition) is 2. The molecule has 0 amide bonds. The Labute approximate surface area is 121 Å². The van der Waals surface area contributed by atoms with E-state index in [1.807, 2.05) is 6.07 Å². The number of nitrogens with one attached hydrogen (secondary N) is 1. The summed E-state index contributed by atoms with van der Waals surface area (Å²) in [4.78, 5) is 0. The molecule has 0 aromatic heterocycles. The smallest absolute Gasteiger partial charge is 0.0512 e. The van der Waals surface area contributed by atoms with Crippen molar-refractivity contribution >= 4 is 11.6 Å². The summed E-state index contributed by atoms with van der Waals surface area (Å²) < 4.78 is 5.66. The molecule has 0 saturated carbocycles. The van der Waals surface area contributed by atoms with Crippen molar-refractivity contribution in [3.63, 3.8) is 0 Å². The SMILES string of the molecule is CCCNC(c1cc(Cl)ccc1C)C1CCCOC1. The highest BCUT2D eigenvalue weighted by atomic mass is 35.5. The molecule has 0 aliphatic carbocycles. The molecular formula is C16H24ClNO. The average molecular weight is 282 g/mol. The zero-order valence-electron chi connectivity index (χ0n) is 11.9. The van der Waals surface area contributed by atoms with Gasteiger partial charge in [-0.15, -0.1) is 0 Å². The molecule has 3 heteroatoms. The minimum Gasteiger partial charge on any atom is -0.381 e. The molecular weight excluding hydrogens is 258 g/mol. The first-order valence-electron chi connectivity index (χ1n) is 7.29. The lowest BCUT2D eigenvalue weighted by Gasteiger charge is -2.32. The van der Waals surface area contributed by atoms with Gasteiger partial charge in [0.05, 0.1) is 6.61 Å². The van der Waals surface area contributed by atoms with Gasteiger partial charge in [0.15, 0.2) is 0 Å². The molecule has 0 radical (unpaired) electrons. The van der Waals surface area contributed by atoms with Gasteiger partial charge in [0.1, 0.15) is 0 Å². The first-order valence-corrected chi connectivity index (χ1v) is 7.67. The molecule has 1 aliphatic rings. The summed E-state index contributed by atoms with van der Waals surface area (Å²) in [5.74, 6) is 0.553. The number of ether oxygens (including phenoxy) is 1. The molecule has 2 nitrogen and oxygen atoms in total. The topological polar surface area (TPSA) is 21.3 Å². The highest BCUT2D eigenvalue weighted by Crippen LogP contribution is 2.32. The minimum atomic E-state index is 0.360. The second-order valence-electron chi connectivity index (χ2n) is 5.41. The third-order valence-corrected chi connectivity index (χ3v) is 4.09. The largest absolute Gasteiger partial charge is 0.381 e. The quantitative estimate of drug-likeness (QED) is 0.877. The van der Waals surface area contributed by atoms with E-state index in [4.69, 9.17) is 16.3 Å². The molecule has 1 fully saturated rings. The fourth-order valence-electron chi connectivity index (χ4n) is 2.81. The highest BCUT2D eigenvalue weighted by molar-refractivity contribution is 6.30. The van der Waals surface area contributed by atoms with Gasteiger partial charge in [0, 0.05) is 23.6 Å². The van der Waals surface area contributed by atoms with Crippen LogP contribution in [0.5, 0.6) is 0 Å². The Morgan fingerprint density at radius 3 is 3.00 bits per heavy atom. The van der Waals surface area contributed by atoms with Crippen LogP contribution in [-0.2, 0) is 4.74 Å². The van der Waals surface area contributed by atoms with Gasteiger partial charge in [-0.05, 0) is 56.0 Å². The van der Waals surface area contributed by atoms with Gasteiger partial charge >= 0.3 is 0 Å². The number of aryl methyl sites for hydroxylation is 1. The van der Waals surface area contributed by atoms with Crippen molar-refractivity contribution < 1.29 is 4.74 Å². The summed E-state index contributed by atoms with van der Waals surface area (Å²) in [7, 11) is 0. The van der Waals surface area contributed by atoms with Gasteiger partial charge in [0.2, 0.25) is 0 Å². The van der Waals surface area contributed by atoms with Gasteiger partial charge in [-0.25, -0.2) is 0 Å². The number of benzene rings is 1. The van der Waals surface area contributed by atoms with E-state index in [2.05, 4.69) is 31.3 Å². The Balaban J connectivity index is 2.22.